The van der Waals surface area contributed by atoms with Crippen molar-refractivity contribution >= 4 is 51.9 Å². The molecule has 5 nitrogen and oxygen atoms in total. The van der Waals surface area contributed by atoms with Gasteiger partial charge in [-0.3, -0.25) is 4.79 Å². The maximum absolute atomic E-state index is 11.9. The van der Waals surface area contributed by atoms with Crippen LogP contribution in [0.1, 0.15) is 6.42 Å². The lowest BCUT2D eigenvalue weighted by Gasteiger charge is -2.38. The zero-order valence-electron chi connectivity index (χ0n) is 9.90. The Morgan fingerprint density at radius 3 is 2.74 bits per heavy atom. The van der Waals surface area contributed by atoms with Crippen LogP contribution in [0, 0.1) is 9.49 Å². The summed E-state index contributed by atoms with van der Waals surface area (Å²) >= 11 is 7.94. The highest BCUT2D eigenvalue weighted by Crippen LogP contribution is 2.24. The van der Waals surface area contributed by atoms with Gasteiger partial charge in [-0.05, 0) is 40.8 Å². The number of aliphatic carboxylic acids is 1. The van der Waals surface area contributed by atoms with E-state index in [4.69, 9.17) is 16.7 Å². The molecule has 1 fully saturated rings. The molecule has 7 heteroatoms. The van der Waals surface area contributed by atoms with Crippen LogP contribution in [0.2, 0.25) is 5.02 Å². The van der Waals surface area contributed by atoms with Gasteiger partial charge < -0.3 is 15.3 Å². The molecule has 0 radical (unpaired) electrons. The molecular formula is C12H12ClIN2O3. The molecule has 2 N–H and O–H groups in total. The SMILES string of the molecule is O=C(O)CC1CN(C(=O)Nc2ccc(Cl)cc2I)C1. The normalized spacial score (nSPS) is 14.9. The monoisotopic (exact) mass is 394 g/mol. The molecule has 19 heavy (non-hydrogen) atoms. The zero-order valence-corrected chi connectivity index (χ0v) is 12.8. The maximum Gasteiger partial charge on any atom is 0.321 e. The van der Waals surface area contributed by atoms with Crippen molar-refractivity contribution in [2.45, 2.75) is 6.42 Å². The number of carbonyl (C=O) groups excluding carboxylic acids is 1. The van der Waals surface area contributed by atoms with E-state index in [0.29, 0.717) is 23.8 Å². The molecule has 2 rings (SSSR count). The van der Waals surface area contributed by atoms with Gasteiger partial charge in [0.2, 0.25) is 0 Å². The second-order valence-corrected chi connectivity index (χ2v) is 6.02. The quantitative estimate of drug-likeness (QED) is 0.775. The molecule has 1 aliphatic heterocycles. The summed E-state index contributed by atoms with van der Waals surface area (Å²) in [6.07, 6.45) is 0.113. The smallest absolute Gasteiger partial charge is 0.321 e. The minimum atomic E-state index is -0.822. The Morgan fingerprint density at radius 1 is 1.47 bits per heavy atom. The van der Waals surface area contributed by atoms with Gasteiger partial charge in [-0.25, -0.2) is 4.79 Å². The van der Waals surface area contributed by atoms with E-state index in [2.05, 4.69) is 27.9 Å². The molecule has 0 aliphatic carbocycles. The molecule has 1 aliphatic rings. The number of hydrogen-bond donors (Lipinski definition) is 2. The first-order valence-corrected chi connectivity index (χ1v) is 7.14. The predicted octanol–water partition coefficient (Wildman–Crippen LogP) is 2.88. The number of nitrogens with zero attached hydrogens (tertiary/aromatic N) is 1. The fourth-order valence-electron chi connectivity index (χ4n) is 1.90. The third-order valence-corrected chi connectivity index (χ3v) is 4.01. The zero-order chi connectivity index (χ0) is 14.0. The number of halogens is 2. The van der Waals surface area contributed by atoms with Crippen LogP contribution in [0.3, 0.4) is 0 Å². The minimum Gasteiger partial charge on any atom is -0.481 e. The second-order valence-electron chi connectivity index (χ2n) is 4.42. The molecule has 0 saturated carbocycles. The van der Waals surface area contributed by atoms with Crippen molar-refractivity contribution in [1.82, 2.24) is 4.90 Å². The second kappa shape index (κ2) is 5.96. The Bertz CT molecular complexity index is 518. The molecular weight excluding hydrogens is 382 g/mol. The van der Waals surface area contributed by atoms with Gasteiger partial charge in [-0.15, -0.1) is 0 Å². The minimum absolute atomic E-state index is 0.0625. The van der Waals surface area contributed by atoms with Crippen LogP contribution in [0.4, 0.5) is 10.5 Å². The lowest BCUT2D eigenvalue weighted by Crippen LogP contribution is -2.52. The number of anilines is 1. The number of carboxylic acid groups (broad SMARTS) is 1. The molecule has 1 aromatic rings. The summed E-state index contributed by atoms with van der Waals surface area (Å²) in [5.41, 5.74) is 0.705. The van der Waals surface area contributed by atoms with Crippen molar-refractivity contribution in [1.29, 1.82) is 0 Å². The molecule has 0 bridgehead atoms. The Labute approximate surface area is 129 Å². The van der Waals surface area contributed by atoms with Crippen LogP contribution in [0.5, 0.6) is 0 Å². The number of carboxylic acids is 1. The summed E-state index contributed by atoms with van der Waals surface area (Å²) in [7, 11) is 0. The number of rotatable bonds is 3. The van der Waals surface area contributed by atoms with Crippen molar-refractivity contribution in [3.63, 3.8) is 0 Å². The lowest BCUT2D eigenvalue weighted by molar-refractivity contribution is -0.139. The van der Waals surface area contributed by atoms with Crippen LogP contribution < -0.4 is 5.32 Å². The van der Waals surface area contributed by atoms with Crippen molar-refractivity contribution in [2.75, 3.05) is 18.4 Å². The molecule has 2 amide bonds. The number of urea groups is 1. The van der Waals surface area contributed by atoms with Crippen LogP contribution in [0.25, 0.3) is 0 Å². The van der Waals surface area contributed by atoms with E-state index >= 15 is 0 Å². The fourth-order valence-corrected chi connectivity index (χ4v) is 2.90. The van der Waals surface area contributed by atoms with E-state index in [1.165, 1.54) is 0 Å². The number of carbonyl (C=O) groups is 2. The van der Waals surface area contributed by atoms with Crippen molar-refractivity contribution in [2.24, 2.45) is 5.92 Å². The Hall–Kier alpha value is -1.02. The van der Waals surface area contributed by atoms with Gasteiger partial charge in [0, 0.05) is 27.6 Å². The average Bonchev–Trinajstić information content (AvgIpc) is 2.26. The van der Waals surface area contributed by atoms with E-state index in [-0.39, 0.29) is 18.4 Å². The first kappa shape index (κ1) is 14.4. The Balaban J connectivity index is 1.87. The number of benzene rings is 1. The van der Waals surface area contributed by atoms with E-state index in [9.17, 15) is 9.59 Å². The van der Waals surface area contributed by atoms with Crippen LogP contribution in [0.15, 0.2) is 18.2 Å². The molecule has 1 saturated heterocycles. The van der Waals surface area contributed by atoms with Gasteiger partial charge in [0.05, 0.1) is 12.1 Å². The molecule has 0 aromatic heterocycles. The van der Waals surface area contributed by atoms with Crippen molar-refractivity contribution in [3.05, 3.63) is 26.8 Å². The summed E-state index contributed by atoms with van der Waals surface area (Å²) in [5.74, 6) is -0.759. The number of nitrogens with one attached hydrogen (secondary N) is 1. The summed E-state index contributed by atoms with van der Waals surface area (Å²) in [6.45, 7) is 0.977. The van der Waals surface area contributed by atoms with E-state index in [0.717, 1.165) is 3.57 Å². The third-order valence-electron chi connectivity index (χ3n) is 2.88. The summed E-state index contributed by atoms with van der Waals surface area (Å²) in [5, 5.41) is 12.0. The summed E-state index contributed by atoms with van der Waals surface area (Å²) in [4.78, 5) is 24.0. The van der Waals surface area contributed by atoms with Gasteiger partial charge in [-0.1, -0.05) is 11.6 Å². The van der Waals surface area contributed by atoms with E-state index in [1.807, 2.05) is 0 Å². The van der Waals surface area contributed by atoms with Gasteiger partial charge >= 0.3 is 12.0 Å². The fraction of sp³-hybridized carbons (Fsp3) is 0.333. The molecule has 0 unspecified atom stereocenters. The number of amides is 2. The van der Waals surface area contributed by atoms with Crippen molar-refractivity contribution in [3.8, 4) is 0 Å². The van der Waals surface area contributed by atoms with E-state index in [1.54, 1.807) is 23.1 Å². The van der Waals surface area contributed by atoms with Gasteiger partial charge in [0.25, 0.3) is 0 Å². The lowest BCUT2D eigenvalue weighted by atomic mass is 9.97. The van der Waals surface area contributed by atoms with Gasteiger partial charge in [0.1, 0.15) is 0 Å². The van der Waals surface area contributed by atoms with Crippen LogP contribution >= 0.6 is 34.2 Å². The molecule has 1 heterocycles. The highest BCUT2D eigenvalue weighted by atomic mass is 127. The van der Waals surface area contributed by atoms with Crippen LogP contribution in [-0.2, 0) is 4.79 Å². The molecule has 0 atom stereocenters. The molecule has 1 aromatic carbocycles. The largest absolute Gasteiger partial charge is 0.481 e. The van der Waals surface area contributed by atoms with Gasteiger partial charge in [0.15, 0.2) is 0 Å². The third kappa shape index (κ3) is 3.73. The average molecular weight is 395 g/mol. The first-order chi connectivity index (χ1) is 8.95. The highest BCUT2D eigenvalue weighted by molar-refractivity contribution is 14.1. The molecule has 0 spiro atoms. The van der Waals surface area contributed by atoms with Crippen LogP contribution in [-0.4, -0.2) is 35.1 Å². The molecule has 102 valence electrons. The Kier molecular flexibility index (Phi) is 4.51. The maximum atomic E-state index is 11.9. The summed E-state index contributed by atoms with van der Waals surface area (Å²) < 4.78 is 0.862. The van der Waals surface area contributed by atoms with E-state index < -0.39 is 5.97 Å². The Morgan fingerprint density at radius 2 is 2.16 bits per heavy atom. The van der Waals surface area contributed by atoms with Gasteiger partial charge in [-0.2, -0.15) is 0 Å². The number of likely N-dealkylation sites (tertiary alicyclic amines) is 1. The van der Waals surface area contributed by atoms with Crippen molar-refractivity contribution < 1.29 is 14.7 Å². The highest BCUT2D eigenvalue weighted by Gasteiger charge is 2.32. The number of hydrogen-bond acceptors (Lipinski definition) is 2. The first-order valence-electron chi connectivity index (χ1n) is 5.68. The topological polar surface area (TPSA) is 69.6 Å². The summed E-state index contributed by atoms with van der Waals surface area (Å²) in [6, 6.07) is 5.02. The standard InChI is InChI=1S/C12H12ClIN2O3/c13-8-1-2-10(9(14)4-8)15-12(19)16-5-7(6-16)3-11(17)18/h1-2,4,7H,3,5-6H2,(H,15,19)(H,17,18). The predicted molar refractivity (Wildman–Crippen MR) is 80.5 cm³/mol.